The molecule has 0 saturated heterocycles. The molecule has 0 aliphatic rings. The molecule has 3 aromatic rings. The molecule has 2 aromatic heterocycles. The Bertz CT molecular complexity index is 834. The second-order valence-electron chi connectivity index (χ2n) is 5.94. The zero-order valence-corrected chi connectivity index (χ0v) is 13.4. The van der Waals surface area contributed by atoms with Crippen molar-refractivity contribution in [2.75, 3.05) is 0 Å². The molecule has 2 heterocycles. The number of rotatable bonds is 2. The number of aromatic nitrogens is 4. The average Bonchev–Trinajstić information content (AvgIpc) is 3.14. The first-order valence-corrected chi connectivity index (χ1v) is 7.76. The van der Waals surface area contributed by atoms with Gasteiger partial charge in [-0.05, 0) is 0 Å². The molecular formula is C16H15N5S. The Balaban J connectivity index is 2.09. The van der Waals surface area contributed by atoms with Gasteiger partial charge in [-0.1, -0.05) is 56.3 Å². The van der Waals surface area contributed by atoms with Gasteiger partial charge in [0.1, 0.15) is 6.07 Å². The zero-order valence-electron chi connectivity index (χ0n) is 12.6. The van der Waals surface area contributed by atoms with Gasteiger partial charge in [0.2, 0.25) is 5.13 Å². The molecule has 0 radical (unpaired) electrons. The number of benzene rings is 1. The minimum Gasteiger partial charge on any atom is -0.218 e. The quantitative estimate of drug-likeness (QED) is 0.726. The van der Waals surface area contributed by atoms with Crippen molar-refractivity contribution in [3.05, 3.63) is 47.1 Å². The zero-order chi connectivity index (χ0) is 15.7. The SMILES string of the molecule is CC(C)(C)c1c(C#N)nnn1-c1nc(-c2ccccc2)cs1. The molecule has 5 nitrogen and oxygen atoms in total. The summed E-state index contributed by atoms with van der Waals surface area (Å²) in [4.78, 5) is 4.64. The summed E-state index contributed by atoms with van der Waals surface area (Å²) in [6, 6.07) is 12.1. The van der Waals surface area contributed by atoms with Crippen molar-refractivity contribution >= 4 is 11.3 Å². The minimum atomic E-state index is -0.243. The molecule has 0 spiro atoms. The van der Waals surface area contributed by atoms with E-state index >= 15 is 0 Å². The van der Waals surface area contributed by atoms with Crippen LogP contribution in [-0.2, 0) is 5.41 Å². The van der Waals surface area contributed by atoms with E-state index in [9.17, 15) is 5.26 Å². The molecule has 0 aliphatic carbocycles. The Morgan fingerprint density at radius 3 is 2.55 bits per heavy atom. The van der Waals surface area contributed by atoms with E-state index in [2.05, 4.69) is 21.4 Å². The van der Waals surface area contributed by atoms with Crippen molar-refractivity contribution in [1.29, 1.82) is 5.26 Å². The first kappa shape index (κ1) is 14.4. The molecule has 0 fully saturated rings. The first-order chi connectivity index (χ1) is 10.5. The molecule has 22 heavy (non-hydrogen) atoms. The Morgan fingerprint density at radius 1 is 1.18 bits per heavy atom. The first-order valence-electron chi connectivity index (χ1n) is 6.88. The topological polar surface area (TPSA) is 67.4 Å². The molecule has 0 unspecified atom stereocenters. The van der Waals surface area contributed by atoms with Gasteiger partial charge in [-0.3, -0.25) is 0 Å². The molecule has 110 valence electrons. The number of thiazole rings is 1. The molecule has 6 heteroatoms. The van der Waals surface area contributed by atoms with Gasteiger partial charge >= 0.3 is 0 Å². The minimum absolute atomic E-state index is 0.243. The van der Waals surface area contributed by atoms with Crippen LogP contribution in [0, 0.1) is 11.3 Å². The van der Waals surface area contributed by atoms with Crippen LogP contribution in [0.5, 0.6) is 0 Å². The smallest absolute Gasteiger partial charge is 0.212 e. The van der Waals surface area contributed by atoms with Gasteiger partial charge in [0.15, 0.2) is 5.69 Å². The standard InChI is InChI=1S/C16H15N5S/c1-16(2,3)14-12(9-17)19-20-21(14)15-18-13(10-22-15)11-7-5-4-6-8-11/h4-8,10H,1-3H3. The highest BCUT2D eigenvalue weighted by atomic mass is 32.1. The van der Waals surface area contributed by atoms with Gasteiger partial charge in [0, 0.05) is 16.4 Å². The van der Waals surface area contributed by atoms with Gasteiger partial charge in [-0.25, -0.2) is 4.98 Å². The maximum atomic E-state index is 9.24. The summed E-state index contributed by atoms with van der Waals surface area (Å²) in [5.74, 6) is 0. The summed E-state index contributed by atoms with van der Waals surface area (Å²) in [6.07, 6.45) is 0. The molecule has 1 aromatic carbocycles. The number of hydrogen-bond acceptors (Lipinski definition) is 5. The number of nitrogens with zero attached hydrogens (tertiary/aromatic N) is 5. The molecule has 3 rings (SSSR count). The van der Waals surface area contributed by atoms with Crippen LogP contribution in [0.25, 0.3) is 16.4 Å². The van der Waals surface area contributed by atoms with E-state index in [0.29, 0.717) is 5.69 Å². The van der Waals surface area contributed by atoms with E-state index in [1.165, 1.54) is 11.3 Å². The van der Waals surface area contributed by atoms with Crippen LogP contribution in [-0.4, -0.2) is 20.0 Å². The van der Waals surface area contributed by atoms with E-state index in [1.54, 1.807) is 4.68 Å². The van der Waals surface area contributed by atoms with Crippen molar-refractivity contribution in [3.63, 3.8) is 0 Å². The summed E-state index contributed by atoms with van der Waals surface area (Å²) in [6.45, 7) is 6.11. The average molecular weight is 309 g/mol. The fourth-order valence-corrected chi connectivity index (χ4v) is 3.05. The van der Waals surface area contributed by atoms with Crippen LogP contribution < -0.4 is 0 Å². The Labute approximate surface area is 132 Å². The van der Waals surface area contributed by atoms with Gasteiger partial charge < -0.3 is 0 Å². The molecule has 0 N–H and O–H groups in total. The van der Waals surface area contributed by atoms with Crippen molar-refractivity contribution < 1.29 is 0 Å². The molecule has 0 atom stereocenters. The second kappa shape index (κ2) is 5.35. The van der Waals surface area contributed by atoms with Crippen LogP contribution in [0.4, 0.5) is 0 Å². The van der Waals surface area contributed by atoms with E-state index in [-0.39, 0.29) is 5.41 Å². The Morgan fingerprint density at radius 2 is 1.91 bits per heavy atom. The van der Waals surface area contributed by atoms with E-state index in [0.717, 1.165) is 22.1 Å². The molecule has 0 aliphatic heterocycles. The molecular weight excluding hydrogens is 294 g/mol. The second-order valence-corrected chi connectivity index (χ2v) is 6.78. The Hall–Kier alpha value is -2.52. The summed E-state index contributed by atoms with van der Waals surface area (Å²) >= 11 is 1.49. The lowest BCUT2D eigenvalue weighted by molar-refractivity contribution is 0.541. The Kier molecular flexibility index (Phi) is 3.51. The third kappa shape index (κ3) is 2.51. The summed E-state index contributed by atoms with van der Waals surface area (Å²) in [5.41, 5.74) is 2.85. The van der Waals surface area contributed by atoms with Gasteiger partial charge in [0.25, 0.3) is 0 Å². The predicted molar refractivity (Wildman–Crippen MR) is 85.9 cm³/mol. The van der Waals surface area contributed by atoms with Crippen molar-refractivity contribution in [2.24, 2.45) is 0 Å². The van der Waals surface area contributed by atoms with Crippen molar-refractivity contribution in [1.82, 2.24) is 20.0 Å². The van der Waals surface area contributed by atoms with Crippen LogP contribution >= 0.6 is 11.3 Å². The fourth-order valence-electron chi connectivity index (χ4n) is 2.27. The van der Waals surface area contributed by atoms with E-state index in [4.69, 9.17) is 0 Å². The maximum absolute atomic E-state index is 9.24. The van der Waals surface area contributed by atoms with Gasteiger partial charge in [-0.15, -0.1) is 16.4 Å². The lowest BCUT2D eigenvalue weighted by Gasteiger charge is -2.18. The highest BCUT2D eigenvalue weighted by Gasteiger charge is 2.27. The number of hydrogen-bond donors (Lipinski definition) is 0. The monoisotopic (exact) mass is 309 g/mol. The van der Waals surface area contributed by atoms with Crippen LogP contribution in [0.3, 0.4) is 0 Å². The molecule has 0 amide bonds. The normalized spacial score (nSPS) is 11.4. The number of nitriles is 1. The van der Waals surface area contributed by atoms with Gasteiger partial charge in [0.05, 0.1) is 11.4 Å². The highest BCUT2D eigenvalue weighted by Crippen LogP contribution is 2.29. The van der Waals surface area contributed by atoms with Crippen LogP contribution in [0.1, 0.15) is 32.2 Å². The lowest BCUT2D eigenvalue weighted by Crippen LogP contribution is -2.18. The van der Waals surface area contributed by atoms with Crippen molar-refractivity contribution in [3.8, 4) is 22.5 Å². The highest BCUT2D eigenvalue weighted by molar-refractivity contribution is 7.12. The lowest BCUT2D eigenvalue weighted by atomic mass is 9.90. The summed E-state index contributed by atoms with van der Waals surface area (Å²) < 4.78 is 1.68. The molecule has 0 bridgehead atoms. The van der Waals surface area contributed by atoms with E-state index < -0.39 is 0 Å². The summed E-state index contributed by atoms with van der Waals surface area (Å²) in [5, 5.41) is 20.1. The van der Waals surface area contributed by atoms with Crippen LogP contribution in [0.2, 0.25) is 0 Å². The maximum Gasteiger partial charge on any atom is 0.212 e. The predicted octanol–water partition coefficient (Wildman–Crippen LogP) is 3.56. The third-order valence-corrected chi connectivity index (χ3v) is 4.05. The van der Waals surface area contributed by atoms with Crippen molar-refractivity contribution in [2.45, 2.75) is 26.2 Å². The van der Waals surface area contributed by atoms with E-state index in [1.807, 2.05) is 56.5 Å². The summed E-state index contributed by atoms with van der Waals surface area (Å²) in [7, 11) is 0. The molecule has 0 saturated carbocycles. The largest absolute Gasteiger partial charge is 0.218 e. The third-order valence-electron chi connectivity index (χ3n) is 3.23. The fraction of sp³-hybridized carbons (Fsp3) is 0.250. The van der Waals surface area contributed by atoms with Crippen LogP contribution in [0.15, 0.2) is 35.7 Å². The van der Waals surface area contributed by atoms with Gasteiger partial charge in [-0.2, -0.15) is 9.94 Å².